The summed E-state index contributed by atoms with van der Waals surface area (Å²) in [5.41, 5.74) is 14.1. The highest BCUT2D eigenvalue weighted by molar-refractivity contribution is 7.22. The number of nitrogen functional groups attached to an aromatic ring is 1. The molecule has 0 radical (unpaired) electrons. The summed E-state index contributed by atoms with van der Waals surface area (Å²) in [6.07, 6.45) is 2.45. The van der Waals surface area contributed by atoms with Gasteiger partial charge in [-0.3, -0.25) is 4.79 Å². The molecule has 4 N–H and O–H groups in total. The third-order valence-electron chi connectivity index (χ3n) is 3.50. The molecule has 0 aliphatic carbocycles. The minimum Gasteiger partial charge on any atom is -0.383 e. The lowest BCUT2D eigenvalue weighted by Gasteiger charge is -1.99. The number of thiophene rings is 1. The molecule has 4 nitrogen and oxygen atoms in total. The smallest absolute Gasteiger partial charge is 0.251 e. The Kier molecular flexibility index (Phi) is 3.35. The van der Waals surface area contributed by atoms with E-state index in [2.05, 4.69) is 36.2 Å². The van der Waals surface area contributed by atoms with Gasteiger partial charge in [0.2, 0.25) is 0 Å². The van der Waals surface area contributed by atoms with E-state index in [-0.39, 0.29) is 0 Å². The zero-order valence-electron chi connectivity index (χ0n) is 11.6. The summed E-state index contributed by atoms with van der Waals surface area (Å²) in [6.45, 7) is 2.12. The summed E-state index contributed by atoms with van der Waals surface area (Å²) in [6, 6.07) is 10.3. The number of primary amides is 1. The number of rotatable bonds is 3. The first-order valence-electron chi connectivity index (χ1n) is 6.67. The molecule has 1 aromatic carbocycles. The molecule has 106 valence electrons. The predicted molar refractivity (Wildman–Crippen MR) is 87.4 cm³/mol. The molecule has 0 spiro atoms. The minimum atomic E-state index is -0.484. The maximum absolute atomic E-state index is 11.5. The molecule has 0 aliphatic rings. The Morgan fingerprint density at radius 3 is 2.62 bits per heavy atom. The number of aryl methyl sites for hydroxylation is 1. The van der Waals surface area contributed by atoms with Crippen LogP contribution in [0, 0.1) is 0 Å². The number of nitrogens with two attached hydrogens (primary N) is 2. The van der Waals surface area contributed by atoms with Crippen LogP contribution in [-0.4, -0.2) is 10.9 Å². The second kappa shape index (κ2) is 5.18. The average molecular weight is 297 g/mol. The van der Waals surface area contributed by atoms with E-state index < -0.39 is 5.91 Å². The van der Waals surface area contributed by atoms with E-state index >= 15 is 0 Å². The minimum absolute atomic E-state index is 0.417. The highest BCUT2D eigenvalue weighted by atomic mass is 32.1. The van der Waals surface area contributed by atoms with Gasteiger partial charge in [-0.2, -0.15) is 0 Å². The number of fused-ring (bicyclic) bond motifs is 1. The Morgan fingerprint density at radius 1 is 1.29 bits per heavy atom. The van der Waals surface area contributed by atoms with E-state index in [1.807, 2.05) is 6.07 Å². The quantitative estimate of drug-likeness (QED) is 0.778. The monoisotopic (exact) mass is 297 g/mol. The molecule has 3 aromatic rings. The molecule has 0 fully saturated rings. The molecule has 21 heavy (non-hydrogen) atoms. The molecule has 0 bridgehead atoms. The normalized spacial score (nSPS) is 10.9. The van der Waals surface area contributed by atoms with Crippen molar-refractivity contribution in [2.75, 3.05) is 5.73 Å². The van der Waals surface area contributed by atoms with Crippen LogP contribution in [-0.2, 0) is 6.42 Å². The van der Waals surface area contributed by atoms with Gasteiger partial charge in [-0.15, -0.1) is 11.3 Å². The summed E-state index contributed by atoms with van der Waals surface area (Å²) < 4.78 is 0.796. The maximum atomic E-state index is 11.5. The van der Waals surface area contributed by atoms with Gasteiger partial charge in [0.1, 0.15) is 5.82 Å². The van der Waals surface area contributed by atoms with E-state index in [1.165, 1.54) is 23.1 Å². The fourth-order valence-corrected chi connectivity index (χ4v) is 3.45. The zero-order chi connectivity index (χ0) is 15.0. The number of nitrogens with zero attached hydrogens (tertiary/aromatic N) is 1. The van der Waals surface area contributed by atoms with Crippen molar-refractivity contribution in [2.24, 2.45) is 5.73 Å². The summed E-state index contributed by atoms with van der Waals surface area (Å²) in [5, 5.41) is 0.783. The number of anilines is 1. The SMILES string of the molecule is CCc1ccc(-c2cc3c(N)ncc(C(N)=O)c3s2)cc1. The molecule has 3 rings (SSSR count). The third-order valence-corrected chi connectivity index (χ3v) is 4.71. The van der Waals surface area contributed by atoms with Crippen LogP contribution < -0.4 is 11.5 Å². The molecule has 2 heterocycles. The van der Waals surface area contributed by atoms with Crippen molar-refractivity contribution in [3.63, 3.8) is 0 Å². The van der Waals surface area contributed by atoms with Crippen LogP contribution in [0.5, 0.6) is 0 Å². The van der Waals surface area contributed by atoms with Crippen LogP contribution in [0.15, 0.2) is 36.5 Å². The lowest BCUT2D eigenvalue weighted by Crippen LogP contribution is -2.11. The first kappa shape index (κ1) is 13.6. The number of aromatic nitrogens is 1. The van der Waals surface area contributed by atoms with E-state index in [1.54, 1.807) is 0 Å². The number of pyridine rings is 1. The second-order valence-electron chi connectivity index (χ2n) is 4.83. The van der Waals surface area contributed by atoms with Crippen molar-refractivity contribution in [2.45, 2.75) is 13.3 Å². The van der Waals surface area contributed by atoms with E-state index in [9.17, 15) is 4.79 Å². The zero-order valence-corrected chi connectivity index (χ0v) is 12.4. The average Bonchev–Trinajstić information content (AvgIpc) is 2.93. The molecule has 0 saturated heterocycles. The number of hydrogen-bond acceptors (Lipinski definition) is 4. The molecule has 5 heteroatoms. The number of carbonyl (C=O) groups is 1. The molecule has 0 aliphatic heterocycles. The van der Waals surface area contributed by atoms with Crippen LogP contribution in [0.25, 0.3) is 20.5 Å². The van der Waals surface area contributed by atoms with Gasteiger partial charge in [-0.25, -0.2) is 4.98 Å². The van der Waals surface area contributed by atoms with Gasteiger partial charge in [0, 0.05) is 16.5 Å². The Labute approximate surface area is 126 Å². The lowest BCUT2D eigenvalue weighted by atomic mass is 10.1. The molecule has 0 unspecified atom stereocenters. The van der Waals surface area contributed by atoms with Crippen molar-refractivity contribution in [3.05, 3.63) is 47.7 Å². The van der Waals surface area contributed by atoms with Crippen molar-refractivity contribution in [3.8, 4) is 10.4 Å². The van der Waals surface area contributed by atoms with Gasteiger partial charge < -0.3 is 11.5 Å². The fourth-order valence-electron chi connectivity index (χ4n) is 2.27. The Morgan fingerprint density at radius 2 is 2.00 bits per heavy atom. The first-order chi connectivity index (χ1) is 10.1. The Bertz CT molecular complexity index is 821. The van der Waals surface area contributed by atoms with Gasteiger partial charge in [0.25, 0.3) is 5.91 Å². The summed E-state index contributed by atoms with van der Waals surface area (Å²) in [4.78, 5) is 16.6. The molecular weight excluding hydrogens is 282 g/mol. The highest BCUT2D eigenvalue weighted by Gasteiger charge is 2.14. The van der Waals surface area contributed by atoms with Crippen molar-refractivity contribution in [1.29, 1.82) is 0 Å². The number of amides is 1. The second-order valence-corrected chi connectivity index (χ2v) is 5.88. The number of benzene rings is 1. The van der Waals surface area contributed by atoms with Gasteiger partial charge in [-0.1, -0.05) is 31.2 Å². The van der Waals surface area contributed by atoms with Crippen molar-refractivity contribution < 1.29 is 4.79 Å². The fraction of sp³-hybridized carbons (Fsp3) is 0.125. The molecular formula is C16H15N3OS. The molecule has 1 amide bonds. The van der Waals surface area contributed by atoms with Crippen LogP contribution in [0.4, 0.5) is 5.82 Å². The third kappa shape index (κ3) is 2.36. The summed E-state index contributed by atoms with van der Waals surface area (Å²) in [5.74, 6) is -0.0649. The number of carbonyl (C=O) groups excluding carboxylic acids is 1. The van der Waals surface area contributed by atoms with Crippen LogP contribution in [0.1, 0.15) is 22.8 Å². The highest BCUT2D eigenvalue weighted by Crippen LogP contribution is 2.37. The van der Waals surface area contributed by atoms with Crippen LogP contribution in [0.3, 0.4) is 0 Å². The van der Waals surface area contributed by atoms with E-state index in [4.69, 9.17) is 11.5 Å². The first-order valence-corrected chi connectivity index (χ1v) is 7.49. The largest absolute Gasteiger partial charge is 0.383 e. The summed E-state index contributed by atoms with van der Waals surface area (Å²) >= 11 is 1.51. The molecule has 0 saturated carbocycles. The number of hydrogen-bond donors (Lipinski definition) is 2. The van der Waals surface area contributed by atoms with Gasteiger partial charge in [-0.05, 0) is 23.6 Å². The van der Waals surface area contributed by atoms with Gasteiger partial charge in [0.15, 0.2) is 0 Å². The van der Waals surface area contributed by atoms with Gasteiger partial charge in [0.05, 0.1) is 10.3 Å². The standard InChI is InChI=1S/C16H15N3OS/c1-2-9-3-5-10(6-4-9)13-7-11-14(21-13)12(16(18)20)8-19-15(11)17/h3-8H,2H2,1H3,(H2,17,19)(H2,18,20). The van der Waals surface area contributed by atoms with E-state index in [0.717, 1.165) is 26.9 Å². The van der Waals surface area contributed by atoms with Crippen LogP contribution in [0.2, 0.25) is 0 Å². The lowest BCUT2D eigenvalue weighted by molar-refractivity contribution is 0.100. The maximum Gasteiger partial charge on any atom is 0.251 e. The van der Waals surface area contributed by atoms with Crippen LogP contribution >= 0.6 is 11.3 Å². The molecule has 0 atom stereocenters. The molecule has 2 aromatic heterocycles. The Hall–Kier alpha value is -2.40. The van der Waals surface area contributed by atoms with Gasteiger partial charge >= 0.3 is 0 Å². The topological polar surface area (TPSA) is 82.0 Å². The van der Waals surface area contributed by atoms with Crippen molar-refractivity contribution in [1.82, 2.24) is 4.98 Å². The summed E-state index contributed by atoms with van der Waals surface area (Å²) in [7, 11) is 0. The van der Waals surface area contributed by atoms with E-state index in [0.29, 0.717) is 11.4 Å². The predicted octanol–water partition coefficient (Wildman–Crippen LogP) is 3.21. The van der Waals surface area contributed by atoms with Crippen molar-refractivity contribution >= 4 is 33.1 Å². The Balaban J connectivity index is 2.17.